The van der Waals surface area contributed by atoms with Crippen LogP contribution in [-0.2, 0) is 10.0 Å². The van der Waals surface area contributed by atoms with Crippen molar-refractivity contribution < 1.29 is 13.2 Å². The normalized spacial score (nSPS) is 11.2. The van der Waals surface area contributed by atoms with Crippen LogP contribution in [0.1, 0.15) is 32.6 Å². The van der Waals surface area contributed by atoms with Crippen molar-refractivity contribution in [2.75, 3.05) is 11.3 Å². The molecule has 2 aromatic rings. The minimum atomic E-state index is -4.11. The van der Waals surface area contributed by atoms with Gasteiger partial charge in [-0.05, 0) is 30.7 Å². The van der Waals surface area contributed by atoms with Crippen molar-refractivity contribution in [3.63, 3.8) is 0 Å². The lowest BCUT2D eigenvalue weighted by Gasteiger charge is -2.09. The summed E-state index contributed by atoms with van der Waals surface area (Å²) in [6.07, 6.45) is 5.28. The molecule has 9 heteroatoms. The fourth-order valence-corrected chi connectivity index (χ4v) is 3.21. The minimum absolute atomic E-state index is 0.281. The van der Waals surface area contributed by atoms with Gasteiger partial charge in [0.15, 0.2) is 4.90 Å². The summed E-state index contributed by atoms with van der Waals surface area (Å²) in [4.78, 5) is 26.0. The van der Waals surface area contributed by atoms with Crippen LogP contribution in [0.4, 0.5) is 5.69 Å². The molecule has 0 saturated heterocycles. The maximum atomic E-state index is 12.2. The van der Waals surface area contributed by atoms with E-state index in [0.717, 1.165) is 25.5 Å². The fourth-order valence-electron chi connectivity index (χ4n) is 2.15. The summed E-state index contributed by atoms with van der Waals surface area (Å²) < 4.78 is 32.3. The first kappa shape index (κ1) is 18.8. The number of nitrogens with one attached hydrogen (secondary N) is 3. The SMILES string of the molecule is CCCCCCOc1ccc(NS(=O)(=O)c2c[nH]c(=O)[nH]c2=O)cc1. The number of aromatic amines is 2. The van der Waals surface area contributed by atoms with Crippen molar-refractivity contribution in [3.05, 3.63) is 51.3 Å². The molecule has 1 aromatic heterocycles. The number of anilines is 1. The van der Waals surface area contributed by atoms with Crippen LogP contribution in [0.2, 0.25) is 0 Å². The number of H-pyrrole nitrogens is 2. The molecule has 2 rings (SSSR count). The Morgan fingerprint density at radius 2 is 1.80 bits per heavy atom. The first-order valence-electron chi connectivity index (χ1n) is 8.00. The molecule has 0 unspecified atom stereocenters. The number of benzene rings is 1. The van der Waals surface area contributed by atoms with E-state index in [-0.39, 0.29) is 5.69 Å². The molecule has 3 N–H and O–H groups in total. The molecule has 0 saturated carbocycles. The van der Waals surface area contributed by atoms with Crippen LogP contribution in [-0.4, -0.2) is 25.0 Å². The highest BCUT2D eigenvalue weighted by molar-refractivity contribution is 7.92. The number of hydrogen-bond acceptors (Lipinski definition) is 5. The topological polar surface area (TPSA) is 121 Å². The Kier molecular flexibility index (Phi) is 6.40. The Morgan fingerprint density at radius 1 is 1.08 bits per heavy atom. The van der Waals surface area contributed by atoms with E-state index >= 15 is 0 Å². The van der Waals surface area contributed by atoms with Gasteiger partial charge in [-0.15, -0.1) is 0 Å². The minimum Gasteiger partial charge on any atom is -0.494 e. The zero-order chi connectivity index (χ0) is 18.3. The van der Waals surface area contributed by atoms with Crippen LogP contribution >= 0.6 is 0 Å². The number of rotatable bonds is 9. The summed E-state index contributed by atoms with van der Waals surface area (Å²) >= 11 is 0. The van der Waals surface area contributed by atoms with Crippen molar-refractivity contribution in [2.45, 2.75) is 37.5 Å². The Balaban J connectivity index is 2.00. The summed E-state index contributed by atoms with van der Waals surface area (Å²) in [6, 6.07) is 6.38. The molecule has 25 heavy (non-hydrogen) atoms. The second-order valence-corrected chi connectivity index (χ2v) is 7.13. The van der Waals surface area contributed by atoms with E-state index in [9.17, 15) is 18.0 Å². The van der Waals surface area contributed by atoms with Gasteiger partial charge in [0.05, 0.1) is 6.61 Å². The maximum Gasteiger partial charge on any atom is 0.325 e. The lowest BCUT2D eigenvalue weighted by molar-refractivity contribution is 0.305. The summed E-state index contributed by atoms with van der Waals surface area (Å²) in [6.45, 7) is 2.75. The van der Waals surface area contributed by atoms with Gasteiger partial charge in [-0.3, -0.25) is 14.5 Å². The highest BCUT2D eigenvalue weighted by atomic mass is 32.2. The van der Waals surface area contributed by atoms with Crippen molar-refractivity contribution in [1.29, 1.82) is 0 Å². The summed E-state index contributed by atoms with van der Waals surface area (Å²) in [5.74, 6) is 0.640. The van der Waals surface area contributed by atoms with Crippen molar-refractivity contribution in [3.8, 4) is 5.75 Å². The van der Waals surface area contributed by atoms with Gasteiger partial charge in [0, 0.05) is 11.9 Å². The van der Waals surface area contributed by atoms with E-state index in [4.69, 9.17) is 4.74 Å². The second kappa shape index (κ2) is 8.52. The third-order valence-corrected chi connectivity index (χ3v) is 4.83. The third-order valence-electron chi connectivity index (χ3n) is 3.45. The van der Waals surface area contributed by atoms with E-state index in [1.165, 1.54) is 6.42 Å². The van der Waals surface area contributed by atoms with Gasteiger partial charge < -0.3 is 9.72 Å². The maximum absolute atomic E-state index is 12.2. The largest absolute Gasteiger partial charge is 0.494 e. The molecular formula is C16H21N3O5S. The van der Waals surface area contributed by atoms with Gasteiger partial charge in [0.1, 0.15) is 5.75 Å². The molecule has 0 bridgehead atoms. The molecule has 1 heterocycles. The van der Waals surface area contributed by atoms with Crippen LogP contribution in [0.15, 0.2) is 44.9 Å². The van der Waals surface area contributed by atoms with Crippen LogP contribution in [0.5, 0.6) is 5.75 Å². The van der Waals surface area contributed by atoms with E-state index in [0.29, 0.717) is 12.4 Å². The summed E-state index contributed by atoms with van der Waals surface area (Å²) in [5, 5.41) is 0. The van der Waals surface area contributed by atoms with Gasteiger partial charge in [0.2, 0.25) is 0 Å². The Hall–Kier alpha value is -2.55. The zero-order valence-electron chi connectivity index (χ0n) is 13.9. The van der Waals surface area contributed by atoms with Gasteiger partial charge in [-0.2, -0.15) is 0 Å². The molecule has 0 fully saturated rings. The predicted molar refractivity (Wildman–Crippen MR) is 94.6 cm³/mol. The summed E-state index contributed by atoms with van der Waals surface area (Å²) in [7, 11) is -4.11. The highest BCUT2D eigenvalue weighted by Crippen LogP contribution is 2.18. The lowest BCUT2D eigenvalue weighted by atomic mass is 10.2. The first-order valence-corrected chi connectivity index (χ1v) is 9.48. The van der Waals surface area contributed by atoms with Crippen LogP contribution < -0.4 is 20.7 Å². The average molecular weight is 367 g/mol. The number of sulfonamides is 1. The Labute approximate surface area is 145 Å². The van der Waals surface area contributed by atoms with E-state index in [1.807, 2.05) is 4.98 Å². The summed E-state index contributed by atoms with van der Waals surface area (Å²) in [5.41, 5.74) is -1.48. The molecule has 136 valence electrons. The fraction of sp³-hybridized carbons (Fsp3) is 0.375. The number of aromatic nitrogens is 2. The van der Waals surface area contributed by atoms with Gasteiger partial charge in [-0.1, -0.05) is 26.2 Å². The van der Waals surface area contributed by atoms with Crippen LogP contribution in [0.3, 0.4) is 0 Å². The van der Waals surface area contributed by atoms with Crippen LogP contribution in [0.25, 0.3) is 0 Å². The molecule has 0 atom stereocenters. The molecule has 1 aromatic carbocycles. The van der Waals surface area contributed by atoms with Gasteiger partial charge in [-0.25, -0.2) is 13.2 Å². The molecule has 0 amide bonds. The quantitative estimate of drug-likeness (QED) is 0.584. The number of ether oxygens (including phenoxy) is 1. The molecule has 0 aliphatic carbocycles. The van der Waals surface area contributed by atoms with E-state index < -0.39 is 26.2 Å². The van der Waals surface area contributed by atoms with Gasteiger partial charge in [0.25, 0.3) is 15.6 Å². The third kappa shape index (κ3) is 5.49. The van der Waals surface area contributed by atoms with Crippen molar-refractivity contribution in [1.82, 2.24) is 9.97 Å². The van der Waals surface area contributed by atoms with Crippen molar-refractivity contribution >= 4 is 15.7 Å². The van der Waals surface area contributed by atoms with Crippen LogP contribution in [0, 0.1) is 0 Å². The molecule has 0 spiro atoms. The molecular weight excluding hydrogens is 346 g/mol. The molecule has 0 aliphatic rings. The van der Waals surface area contributed by atoms with Gasteiger partial charge >= 0.3 is 5.69 Å². The van der Waals surface area contributed by atoms with E-state index in [2.05, 4.69) is 16.6 Å². The van der Waals surface area contributed by atoms with Crippen molar-refractivity contribution in [2.24, 2.45) is 0 Å². The molecule has 0 aliphatic heterocycles. The lowest BCUT2D eigenvalue weighted by Crippen LogP contribution is -2.29. The van der Waals surface area contributed by atoms with E-state index in [1.54, 1.807) is 24.3 Å². The highest BCUT2D eigenvalue weighted by Gasteiger charge is 2.18. The monoisotopic (exact) mass is 367 g/mol. The first-order chi connectivity index (χ1) is 11.9. The standard InChI is InChI=1S/C16H21N3O5S/c1-2-3-4-5-10-24-13-8-6-12(7-9-13)19-25(22,23)14-11-17-16(21)18-15(14)20/h6-9,11,19H,2-5,10H2,1H3,(H2,17,18,20,21). The Morgan fingerprint density at radius 3 is 2.44 bits per heavy atom. The molecule has 0 radical (unpaired) electrons. The average Bonchev–Trinajstić information content (AvgIpc) is 2.55. The number of unbranched alkanes of at least 4 members (excludes halogenated alkanes) is 3. The number of hydrogen-bond donors (Lipinski definition) is 3. The Bertz CT molecular complexity index is 900. The second-order valence-electron chi connectivity index (χ2n) is 5.48. The zero-order valence-corrected chi connectivity index (χ0v) is 14.7. The smallest absolute Gasteiger partial charge is 0.325 e. The predicted octanol–water partition coefficient (Wildman–Crippen LogP) is 1.82. The molecule has 8 nitrogen and oxygen atoms in total.